The molecule has 0 aliphatic rings. The van der Waals surface area contributed by atoms with Crippen molar-refractivity contribution in [3.8, 4) is 0 Å². The first-order valence-electron chi connectivity index (χ1n) is 11.5. The number of aliphatic hydroxyl groups is 1. The molecule has 2 aromatic carbocycles. The Kier molecular flexibility index (Phi) is 8.74. The molecule has 0 saturated heterocycles. The molecule has 0 spiro atoms. The molecule has 1 aromatic heterocycles. The number of aromatic nitrogens is 1. The molecule has 0 amide bonds. The average molecular weight is 501 g/mol. The fourth-order valence-electron chi connectivity index (χ4n) is 3.71. The number of fused-ring (bicyclic) bond motifs is 1. The number of benzene rings is 2. The molecule has 0 bridgehead atoms. The van der Waals surface area contributed by atoms with Crippen molar-refractivity contribution in [2.75, 3.05) is 18.4 Å². The zero-order chi connectivity index (χ0) is 25.6. The van der Waals surface area contributed by atoms with Crippen LogP contribution in [-0.4, -0.2) is 54.1 Å². The number of hydrogen-bond acceptors (Lipinski definition) is 7. The lowest BCUT2D eigenvalue weighted by Gasteiger charge is -2.28. The van der Waals surface area contributed by atoms with Gasteiger partial charge in [-0.1, -0.05) is 49.3 Å². The smallest absolute Gasteiger partial charge is 0.295 e. The van der Waals surface area contributed by atoms with Gasteiger partial charge in [0.1, 0.15) is 5.52 Å². The van der Waals surface area contributed by atoms with Gasteiger partial charge in [0.05, 0.1) is 17.0 Å². The molecule has 2 N–H and O–H groups in total. The second kappa shape index (κ2) is 11.5. The number of nitrogens with zero attached hydrogens (tertiary/aromatic N) is 5. The van der Waals surface area contributed by atoms with Gasteiger partial charge in [0, 0.05) is 30.1 Å². The van der Waals surface area contributed by atoms with Crippen molar-refractivity contribution in [1.82, 2.24) is 9.29 Å². The van der Waals surface area contributed by atoms with E-state index >= 15 is 0 Å². The fraction of sp³-hybridized carbons (Fsp3) is 0.458. The van der Waals surface area contributed by atoms with Gasteiger partial charge in [-0.2, -0.15) is 9.29 Å². The van der Waals surface area contributed by atoms with Crippen molar-refractivity contribution in [1.29, 1.82) is 0 Å². The van der Waals surface area contributed by atoms with Crippen molar-refractivity contribution in [3.05, 3.63) is 64.5 Å². The van der Waals surface area contributed by atoms with Crippen LogP contribution in [0.15, 0.2) is 63.0 Å². The van der Waals surface area contributed by atoms with Crippen LogP contribution in [0.25, 0.3) is 21.5 Å². The van der Waals surface area contributed by atoms with Gasteiger partial charge in [0.2, 0.25) is 10.0 Å². The third-order valence-electron chi connectivity index (χ3n) is 5.30. The van der Waals surface area contributed by atoms with Crippen molar-refractivity contribution in [3.63, 3.8) is 0 Å². The molecule has 0 saturated carbocycles. The summed E-state index contributed by atoms with van der Waals surface area (Å²) in [5.74, 6) is -0.000119. The van der Waals surface area contributed by atoms with Gasteiger partial charge in [-0.3, -0.25) is 0 Å². The first-order chi connectivity index (χ1) is 16.6. The van der Waals surface area contributed by atoms with Gasteiger partial charge < -0.3 is 14.8 Å². The summed E-state index contributed by atoms with van der Waals surface area (Å²) in [5.41, 5.74) is 10.8. The van der Waals surface area contributed by atoms with Crippen molar-refractivity contribution in [2.24, 2.45) is 11.0 Å². The Morgan fingerprint density at radius 2 is 1.86 bits per heavy atom. The first kappa shape index (κ1) is 26.5. The molecule has 2 atom stereocenters. The SMILES string of the molecule is CC(C)CN(C[C@@H](O)[C@H](Cc1ccccc1)N=[N+]=[N-])S(=O)(=O)c1ccc2nc(NC(C)C)oc2c1. The molecule has 3 rings (SSSR count). The molecule has 0 radical (unpaired) electrons. The number of azide groups is 1. The van der Waals surface area contributed by atoms with Crippen molar-refractivity contribution < 1.29 is 17.9 Å². The van der Waals surface area contributed by atoms with Crippen molar-refractivity contribution in [2.45, 2.75) is 57.2 Å². The van der Waals surface area contributed by atoms with Crippen LogP contribution in [0.2, 0.25) is 0 Å². The number of oxazole rings is 1. The maximum Gasteiger partial charge on any atom is 0.295 e. The van der Waals surface area contributed by atoms with Gasteiger partial charge in [0.15, 0.2) is 5.58 Å². The van der Waals surface area contributed by atoms with Crippen molar-refractivity contribution >= 4 is 27.1 Å². The van der Waals surface area contributed by atoms with Crippen LogP contribution < -0.4 is 5.32 Å². The molecular weight excluding hydrogens is 468 g/mol. The lowest BCUT2D eigenvalue weighted by Crippen LogP contribution is -2.43. The lowest BCUT2D eigenvalue weighted by molar-refractivity contribution is 0.116. The van der Waals surface area contributed by atoms with Crippen LogP contribution in [0.4, 0.5) is 6.01 Å². The van der Waals surface area contributed by atoms with E-state index in [1.54, 1.807) is 6.07 Å². The van der Waals surface area contributed by atoms with E-state index < -0.39 is 22.2 Å². The fourth-order valence-corrected chi connectivity index (χ4v) is 5.34. The molecule has 0 aliphatic carbocycles. The summed E-state index contributed by atoms with van der Waals surface area (Å²) in [6.45, 7) is 7.65. The summed E-state index contributed by atoms with van der Waals surface area (Å²) in [4.78, 5) is 7.23. The van der Waals surface area contributed by atoms with Crippen LogP contribution in [0.1, 0.15) is 33.3 Å². The Morgan fingerprint density at radius 3 is 2.49 bits per heavy atom. The van der Waals surface area contributed by atoms with Gasteiger partial charge in [0.25, 0.3) is 6.01 Å². The molecule has 11 heteroatoms. The van der Waals surface area contributed by atoms with Crippen LogP contribution >= 0.6 is 0 Å². The average Bonchev–Trinajstić information content (AvgIpc) is 3.19. The molecular formula is C24H32N6O4S. The third kappa shape index (κ3) is 6.95. The predicted molar refractivity (Wildman–Crippen MR) is 135 cm³/mol. The lowest BCUT2D eigenvalue weighted by atomic mass is 10.0. The van der Waals surface area contributed by atoms with E-state index in [0.29, 0.717) is 17.1 Å². The van der Waals surface area contributed by atoms with Crippen LogP contribution in [0.5, 0.6) is 0 Å². The minimum Gasteiger partial charge on any atom is -0.424 e. The minimum absolute atomic E-state index is 0.000119. The third-order valence-corrected chi connectivity index (χ3v) is 7.13. The Labute approximate surface area is 205 Å². The quantitative estimate of drug-likeness (QED) is 0.212. The number of hydrogen-bond donors (Lipinski definition) is 2. The molecule has 0 unspecified atom stereocenters. The van der Waals surface area contributed by atoms with Gasteiger partial charge in [-0.05, 0) is 49.4 Å². The molecule has 10 nitrogen and oxygen atoms in total. The highest BCUT2D eigenvalue weighted by Crippen LogP contribution is 2.26. The standard InChI is InChI=1S/C24H32N6O4S/c1-16(2)14-30(15-22(31)21(28-29-25)12-18-8-6-5-7-9-18)35(32,33)19-10-11-20-23(13-19)34-24(27-20)26-17(3)4/h5-11,13,16-17,21-22,31H,12,14-15H2,1-4H3,(H,26,27)/t21-,22+/m0/s1. The predicted octanol–water partition coefficient (Wildman–Crippen LogP) is 4.58. The molecule has 0 aliphatic heterocycles. The Hall–Kier alpha value is -3.11. The molecule has 0 fully saturated rings. The summed E-state index contributed by atoms with van der Waals surface area (Å²) in [6, 6.07) is 13.4. The maximum atomic E-state index is 13.6. The van der Waals surface area contributed by atoms with Crippen LogP contribution in [0, 0.1) is 5.92 Å². The zero-order valence-corrected chi connectivity index (χ0v) is 21.2. The first-order valence-corrected chi connectivity index (χ1v) is 13.0. The van der Waals surface area contributed by atoms with E-state index in [0.717, 1.165) is 5.56 Å². The van der Waals surface area contributed by atoms with Crippen LogP contribution in [-0.2, 0) is 16.4 Å². The largest absolute Gasteiger partial charge is 0.424 e. The number of sulfonamides is 1. The number of anilines is 1. The number of nitrogens with one attached hydrogen (secondary N) is 1. The van der Waals surface area contributed by atoms with Gasteiger partial charge in [-0.15, -0.1) is 0 Å². The topological polar surface area (TPSA) is 144 Å². The molecule has 1 heterocycles. The highest BCUT2D eigenvalue weighted by molar-refractivity contribution is 7.89. The second-order valence-electron chi connectivity index (χ2n) is 9.19. The zero-order valence-electron chi connectivity index (χ0n) is 20.4. The van der Waals surface area contributed by atoms with E-state index in [9.17, 15) is 13.5 Å². The Balaban J connectivity index is 1.88. The van der Waals surface area contributed by atoms with E-state index in [-0.39, 0.29) is 36.4 Å². The summed E-state index contributed by atoms with van der Waals surface area (Å²) < 4.78 is 34.1. The van der Waals surface area contributed by atoms with E-state index in [1.807, 2.05) is 58.0 Å². The highest BCUT2D eigenvalue weighted by Gasteiger charge is 2.31. The van der Waals surface area contributed by atoms with Gasteiger partial charge >= 0.3 is 0 Å². The normalized spacial score (nSPS) is 13.8. The Morgan fingerprint density at radius 1 is 1.14 bits per heavy atom. The summed E-state index contributed by atoms with van der Waals surface area (Å²) in [7, 11) is -3.99. The molecule has 35 heavy (non-hydrogen) atoms. The summed E-state index contributed by atoms with van der Waals surface area (Å²) >= 11 is 0. The highest BCUT2D eigenvalue weighted by atomic mass is 32.2. The summed E-state index contributed by atoms with van der Waals surface area (Å²) in [5, 5.41) is 17.8. The van der Waals surface area contributed by atoms with Crippen LogP contribution in [0.3, 0.4) is 0 Å². The second-order valence-corrected chi connectivity index (χ2v) is 11.1. The minimum atomic E-state index is -3.99. The van der Waals surface area contributed by atoms with Gasteiger partial charge in [-0.25, -0.2) is 8.42 Å². The molecule has 3 aromatic rings. The molecule has 188 valence electrons. The Bertz CT molecular complexity index is 1270. The van der Waals surface area contributed by atoms with E-state index in [4.69, 9.17) is 9.95 Å². The number of aliphatic hydroxyl groups excluding tert-OH is 1. The summed E-state index contributed by atoms with van der Waals surface area (Å²) in [6.07, 6.45) is -0.910. The van der Waals surface area contributed by atoms with E-state index in [1.165, 1.54) is 16.4 Å². The van der Waals surface area contributed by atoms with E-state index in [2.05, 4.69) is 20.3 Å². The maximum absolute atomic E-state index is 13.6. The number of rotatable bonds is 12. The monoisotopic (exact) mass is 500 g/mol.